The Morgan fingerprint density at radius 1 is 0.373 bits per heavy atom. The van der Waals surface area contributed by atoms with E-state index < -0.39 is 0 Å². The fraction of sp³-hybridized carbons (Fsp3) is 0. The van der Waals surface area contributed by atoms with Crippen LogP contribution in [0, 0.1) is 0 Å². The number of aromatic nitrogens is 4. The third kappa shape index (κ3) is 5.14. The Morgan fingerprint density at radius 3 is 1.73 bits per heavy atom. The molecule has 0 spiro atoms. The Morgan fingerprint density at radius 2 is 0.961 bits per heavy atom. The highest BCUT2D eigenvalue weighted by molar-refractivity contribution is 7.26. The Hall–Kier alpha value is -6.56. The molecule has 0 unspecified atom stereocenters. The first-order valence-corrected chi connectivity index (χ1v) is 17.8. The molecule has 0 saturated carbocycles. The molecule has 0 aliphatic heterocycles. The lowest BCUT2D eigenvalue weighted by Crippen LogP contribution is -2.00. The number of fused-ring (bicyclic) bond motifs is 6. The average molecular weight is 669 g/mol. The van der Waals surface area contributed by atoms with Gasteiger partial charge in [0.1, 0.15) is 0 Å². The summed E-state index contributed by atoms with van der Waals surface area (Å²) in [7, 11) is 0. The molecule has 0 aliphatic carbocycles. The summed E-state index contributed by atoms with van der Waals surface area (Å²) in [5.41, 5.74) is 8.15. The van der Waals surface area contributed by atoms with Gasteiger partial charge in [-0.15, -0.1) is 11.3 Å². The van der Waals surface area contributed by atoms with E-state index >= 15 is 0 Å². The number of hydrogen-bond donors (Lipinski definition) is 0. The lowest BCUT2D eigenvalue weighted by atomic mass is 9.96. The molecule has 0 N–H and O–H groups in total. The van der Waals surface area contributed by atoms with E-state index in [0.717, 1.165) is 38.9 Å². The zero-order valence-electron chi connectivity index (χ0n) is 27.4. The van der Waals surface area contributed by atoms with Crippen molar-refractivity contribution >= 4 is 53.2 Å². The molecular weight excluding hydrogens is 641 g/mol. The van der Waals surface area contributed by atoms with Crippen LogP contribution in [0.4, 0.5) is 0 Å². The molecule has 4 nitrogen and oxygen atoms in total. The third-order valence-corrected chi connectivity index (χ3v) is 10.7. The van der Waals surface area contributed by atoms with Gasteiger partial charge < -0.3 is 0 Å². The monoisotopic (exact) mass is 668 g/mol. The molecular formula is C46H28N4S. The van der Waals surface area contributed by atoms with Gasteiger partial charge in [-0.3, -0.25) is 0 Å². The number of nitrogens with zero attached hydrogens (tertiary/aromatic N) is 4. The molecule has 238 valence electrons. The first-order valence-electron chi connectivity index (χ1n) is 17.0. The molecule has 10 aromatic rings. The number of rotatable bonds is 5. The maximum atomic E-state index is 5.41. The standard InChI is InChI=1S/C46H28N4S/c1-3-14-30(15-4-1)44-48-45(31-16-5-2-6-17-31)50-46(49-44)34-20-11-19-33(27-34)42-41-37-22-9-10-24-40(37)51-43(41)38-28-32(25-26-39(38)47-42)36-23-12-18-29-13-7-8-21-35(29)36/h1-28H. The largest absolute Gasteiger partial charge is 0.247 e. The minimum atomic E-state index is 0.622. The first-order chi connectivity index (χ1) is 25.3. The normalized spacial score (nSPS) is 11.5. The van der Waals surface area contributed by atoms with Crippen molar-refractivity contribution in [2.75, 3.05) is 0 Å². The number of thiophene rings is 1. The second-order valence-electron chi connectivity index (χ2n) is 12.6. The predicted molar refractivity (Wildman–Crippen MR) is 213 cm³/mol. The summed E-state index contributed by atoms with van der Waals surface area (Å²) in [5.74, 6) is 1.90. The zero-order chi connectivity index (χ0) is 33.7. The quantitative estimate of drug-likeness (QED) is 0.183. The van der Waals surface area contributed by atoms with Crippen molar-refractivity contribution in [3.8, 4) is 56.5 Å². The molecule has 10 rings (SSSR count). The zero-order valence-corrected chi connectivity index (χ0v) is 28.2. The summed E-state index contributed by atoms with van der Waals surface area (Å²) in [6.07, 6.45) is 0. The van der Waals surface area contributed by atoms with Crippen LogP contribution in [0.3, 0.4) is 0 Å². The van der Waals surface area contributed by atoms with Gasteiger partial charge in [-0.2, -0.15) is 0 Å². The van der Waals surface area contributed by atoms with Crippen LogP contribution in [0.15, 0.2) is 170 Å². The van der Waals surface area contributed by atoms with Gasteiger partial charge in [-0.25, -0.2) is 19.9 Å². The van der Waals surface area contributed by atoms with Crippen LogP contribution in [-0.2, 0) is 0 Å². The molecule has 3 heterocycles. The summed E-state index contributed by atoms with van der Waals surface area (Å²) < 4.78 is 2.48. The van der Waals surface area contributed by atoms with E-state index in [0.29, 0.717) is 17.5 Å². The van der Waals surface area contributed by atoms with Crippen LogP contribution >= 0.6 is 11.3 Å². The molecule has 7 aromatic carbocycles. The van der Waals surface area contributed by atoms with E-state index in [1.54, 1.807) is 0 Å². The minimum Gasteiger partial charge on any atom is -0.247 e. The highest BCUT2D eigenvalue weighted by Crippen LogP contribution is 2.44. The van der Waals surface area contributed by atoms with Crippen molar-refractivity contribution in [1.82, 2.24) is 19.9 Å². The molecule has 3 aromatic heterocycles. The van der Waals surface area contributed by atoms with Gasteiger partial charge in [0.05, 0.1) is 11.2 Å². The molecule has 0 amide bonds. The molecule has 5 heteroatoms. The minimum absolute atomic E-state index is 0.622. The summed E-state index contributed by atoms with van der Waals surface area (Å²) in [6, 6.07) is 59.1. The molecule has 51 heavy (non-hydrogen) atoms. The van der Waals surface area contributed by atoms with Crippen molar-refractivity contribution in [2.45, 2.75) is 0 Å². The molecule has 0 saturated heterocycles. The Bertz CT molecular complexity index is 2850. The van der Waals surface area contributed by atoms with Crippen LogP contribution in [0.1, 0.15) is 0 Å². The number of benzene rings is 7. The summed E-state index contributed by atoms with van der Waals surface area (Å²) in [4.78, 5) is 20.3. The summed E-state index contributed by atoms with van der Waals surface area (Å²) >= 11 is 1.83. The van der Waals surface area contributed by atoms with E-state index in [4.69, 9.17) is 19.9 Å². The fourth-order valence-corrected chi connectivity index (χ4v) is 8.29. The van der Waals surface area contributed by atoms with Crippen molar-refractivity contribution in [2.24, 2.45) is 0 Å². The van der Waals surface area contributed by atoms with Crippen LogP contribution < -0.4 is 0 Å². The van der Waals surface area contributed by atoms with Gasteiger partial charge in [-0.05, 0) is 46.2 Å². The first kappa shape index (κ1) is 29.4. The molecule has 0 fully saturated rings. The SMILES string of the molecule is c1ccc(-c2nc(-c3ccccc3)nc(-c3cccc(-c4nc5ccc(-c6cccc7ccccc67)cc5c5sc6ccccc6c45)c3)n2)cc1. The molecule has 0 bridgehead atoms. The van der Waals surface area contributed by atoms with Gasteiger partial charge in [-0.1, -0.05) is 146 Å². The van der Waals surface area contributed by atoms with Gasteiger partial charge >= 0.3 is 0 Å². The fourth-order valence-electron chi connectivity index (χ4n) is 7.06. The number of hydrogen-bond acceptors (Lipinski definition) is 5. The average Bonchev–Trinajstić information content (AvgIpc) is 3.61. The van der Waals surface area contributed by atoms with Crippen molar-refractivity contribution in [3.63, 3.8) is 0 Å². The topological polar surface area (TPSA) is 51.6 Å². The van der Waals surface area contributed by atoms with Crippen LogP contribution in [-0.4, -0.2) is 19.9 Å². The van der Waals surface area contributed by atoms with Crippen LogP contribution in [0.5, 0.6) is 0 Å². The Kier molecular flexibility index (Phi) is 6.96. The molecule has 0 atom stereocenters. The van der Waals surface area contributed by atoms with Crippen molar-refractivity contribution in [1.29, 1.82) is 0 Å². The number of pyridine rings is 1. The van der Waals surface area contributed by atoms with Gasteiger partial charge in [0.15, 0.2) is 17.5 Å². The maximum Gasteiger partial charge on any atom is 0.164 e. The smallest absolute Gasteiger partial charge is 0.164 e. The van der Waals surface area contributed by atoms with Gasteiger partial charge in [0.2, 0.25) is 0 Å². The van der Waals surface area contributed by atoms with Crippen LogP contribution in [0.2, 0.25) is 0 Å². The Balaban J connectivity index is 1.17. The Labute approximate surface area is 298 Å². The summed E-state index contributed by atoms with van der Waals surface area (Å²) in [5, 5.41) is 6.02. The second-order valence-corrected chi connectivity index (χ2v) is 13.7. The molecule has 0 aliphatic rings. The summed E-state index contributed by atoms with van der Waals surface area (Å²) in [6.45, 7) is 0. The molecule has 0 radical (unpaired) electrons. The predicted octanol–water partition coefficient (Wildman–Crippen LogP) is 12.3. The van der Waals surface area contributed by atoms with Gasteiger partial charge in [0, 0.05) is 47.8 Å². The van der Waals surface area contributed by atoms with Crippen molar-refractivity contribution in [3.05, 3.63) is 170 Å². The van der Waals surface area contributed by atoms with Crippen molar-refractivity contribution < 1.29 is 0 Å². The van der Waals surface area contributed by atoms with Crippen LogP contribution in [0.25, 0.3) is 98.4 Å². The third-order valence-electron chi connectivity index (χ3n) is 9.50. The second kappa shape index (κ2) is 12.1. The lowest BCUT2D eigenvalue weighted by molar-refractivity contribution is 1.07. The van der Waals surface area contributed by atoms with Gasteiger partial charge in [0.25, 0.3) is 0 Å². The van der Waals surface area contributed by atoms with E-state index in [1.165, 1.54) is 42.1 Å². The van der Waals surface area contributed by atoms with E-state index in [-0.39, 0.29) is 0 Å². The lowest BCUT2D eigenvalue weighted by Gasteiger charge is -2.12. The highest BCUT2D eigenvalue weighted by atomic mass is 32.1. The van der Waals surface area contributed by atoms with E-state index in [9.17, 15) is 0 Å². The highest BCUT2D eigenvalue weighted by Gasteiger charge is 2.19. The van der Waals surface area contributed by atoms with E-state index in [1.807, 2.05) is 72.0 Å². The van der Waals surface area contributed by atoms with E-state index in [2.05, 4.69) is 109 Å². The maximum absolute atomic E-state index is 5.41.